The Kier molecular flexibility index (Phi) is 10.6. The van der Waals surface area contributed by atoms with Crippen LogP contribution in [0.1, 0.15) is 75.8 Å². The van der Waals surface area contributed by atoms with Gasteiger partial charge in [-0.1, -0.05) is 82.6 Å². The molecule has 0 fully saturated rings. The summed E-state index contributed by atoms with van der Waals surface area (Å²) < 4.78 is 18.9. The summed E-state index contributed by atoms with van der Waals surface area (Å²) in [6, 6.07) is 15.9. The first-order valence-corrected chi connectivity index (χ1v) is 10.8. The van der Waals surface area contributed by atoms with Gasteiger partial charge in [-0.3, -0.25) is 0 Å². The molecule has 0 aromatic heterocycles. The molecule has 29 heavy (non-hydrogen) atoms. The fourth-order valence-corrected chi connectivity index (χ4v) is 3.24. The molecule has 0 atom stereocenters. The van der Waals surface area contributed by atoms with Crippen molar-refractivity contribution in [3.05, 3.63) is 65.5 Å². The normalized spacial score (nSPS) is 11.3. The molecule has 2 rings (SSSR count). The van der Waals surface area contributed by atoms with Crippen LogP contribution in [-0.4, -0.2) is 6.61 Å². The standard InChI is InChI=1S/C26H32FNO/c1-2-3-4-5-6-7-8-9-10-19-29-26-17-11-22(12-18-26)20-24(21-28)23-13-15-25(27)16-14-23/h11-18,20H,2-10,19H2,1H3/b24-20+. The topological polar surface area (TPSA) is 33.0 Å². The molecule has 2 aromatic rings. The Morgan fingerprint density at radius 3 is 2.03 bits per heavy atom. The van der Waals surface area contributed by atoms with E-state index in [0.29, 0.717) is 11.1 Å². The summed E-state index contributed by atoms with van der Waals surface area (Å²) in [6.07, 6.45) is 13.5. The first kappa shape index (κ1) is 22.7. The summed E-state index contributed by atoms with van der Waals surface area (Å²) in [5.74, 6) is 0.543. The molecule has 0 saturated carbocycles. The monoisotopic (exact) mass is 393 g/mol. The predicted octanol–water partition coefficient (Wildman–Crippen LogP) is 7.80. The fourth-order valence-electron chi connectivity index (χ4n) is 3.24. The van der Waals surface area contributed by atoms with E-state index in [1.807, 2.05) is 24.3 Å². The second kappa shape index (κ2) is 13.6. The zero-order chi connectivity index (χ0) is 20.7. The van der Waals surface area contributed by atoms with Gasteiger partial charge in [0.25, 0.3) is 0 Å². The summed E-state index contributed by atoms with van der Waals surface area (Å²) in [4.78, 5) is 0. The number of ether oxygens (including phenoxy) is 1. The number of hydrogen-bond donors (Lipinski definition) is 0. The molecule has 3 heteroatoms. The lowest BCUT2D eigenvalue weighted by atomic mass is 10.0. The molecule has 0 aliphatic rings. The Morgan fingerprint density at radius 1 is 0.862 bits per heavy atom. The van der Waals surface area contributed by atoms with Gasteiger partial charge in [-0.25, -0.2) is 4.39 Å². The molecular weight excluding hydrogens is 361 g/mol. The van der Waals surface area contributed by atoms with Crippen LogP contribution in [0.2, 0.25) is 0 Å². The second-order valence-electron chi connectivity index (χ2n) is 7.42. The zero-order valence-corrected chi connectivity index (χ0v) is 17.5. The Hall–Kier alpha value is -2.60. The van der Waals surface area contributed by atoms with Crippen molar-refractivity contribution < 1.29 is 9.13 Å². The average Bonchev–Trinajstić information content (AvgIpc) is 2.75. The van der Waals surface area contributed by atoms with Gasteiger partial charge in [-0.05, 0) is 47.9 Å². The number of unbranched alkanes of at least 4 members (excludes halogenated alkanes) is 8. The fraction of sp³-hybridized carbons (Fsp3) is 0.423. The number of benzene rings is 2. The van der Waals surface area contributed by atoms with Crippen molar-refractivity contribution in [3.63, 3.8) is 0 Å². The highest BCUT2D eigenvalue weighted by Gasteiger charge is 2.02. The van der Waals surface area contributed by atoms with Crippen molar-refractivity contribution in [2.24, 2.45) is 0 Å². The van der Waals surface area contributed by atoms with Gasteiger partial charge in [0.05, 0.1) is 18.2 Å². The zero-order valence-electron chi connectivity index (χ0n) is 17.5. The summed E-state index contributed by atoms with van der Waals surface area (Å²) in [5.41, 5.74) is 2.13. The number of halogens is 1. The molecule has 0 aliphatic carbocycles. The highest BCUT2D eigenvalue weighted by molar-refractivity contribution is 5.89. The van der Waals surface area contributed by atoms with Gasteiger partial charge < -0.3 is 4.74 Å². The molecule has 0 N–H and O–H groups in total. The minimum atomic E-state index is -0.306. The lowest BCUT2D eigenvalue weighted by Crippen LogP contribution is -1.97. The van der Waals surface area contributed by atoms with Crippen LogP contribution in [0.25, 0.3) is 11.6 Å². The Bertz CT molecular complexity index is 772. The lowest BCUT2D eigenvalue weighted by molar-refractivity contribution is 0.304. The van der Waals surface area contributed by atoms with Gasteiger partial charge in [-0.15, -0.1) is 0 Å². The molecule has 0 unspecified atom stereocenters. The molecule has 0 bridgehead atoms. The first-order chi connectivity index (χ1) is 14.2. The Morgan fingerprint density at radius 2 is 1.45 bits per heavy atom. The summed E-state index contributed by atoms with van der Waals surface area (Å²) in [6.45, 7) is 2.99. The van der Waals surface area contributed by atoms with Gasteiger partial charge in [0.2, 0.25) is 0 Å². The number of hydrogen-bond acceptors (Lipinski definition) is 2. The smallest absolute Gasteiger partial charge is 0.123 e. The van der Waals surface area contributed by atoms with Crippen LogP contribution in [-0.2, 0) is 0 Å². The Balaban J connectivity index is 1.70. The van der Waals surface area contributed by atoms with E-state index < -0.39 is 0 Å². The average molecular weight is 394 g/mol. The maximum absolute atomic E-state index is 13.1. The summed E-state index contributed by atoms with van der Waals surface area (Å²) in [7, 11) is 0. The minimum absolute atomic E-state index is 0.306. The molecule has 2 nitrogen and oxygen atoms in total. The van der Waals surface area contributed by atoms with E-state index in [9.17, 15) is 9.65 Å². The quantitative estimate of drug-likeness (QED) is 0.197. The van der Waals surface area contributed by atoms with Crippen LogP contribution in [0.3, 0.4) is 0 Å². The van der Waals surface area contributed by atoms with Gasteiger partial charge in [0.15, 0.2) is 0 Å². The van der Waals surface area contributed by atoms with Crippen molar-refractivity contribution in [1.29, 1.82) is 5.26 Å². The van der Waals surface area contributed by atoms with E-state index >= 15 is 0 Å². The SMILES string of the molecule is CCCCCCCCCCCOc1ccc(/C=C(\C#N)c2ccc(F)cc2)cc1. The molecule has 0 spiro atoms. The number of nitriles is 1. The third-order valence-corrected chi connectivity index (χ3v) is 4.98. The van der Waals surface area contributed by atoms with Crippen LogP contribution in [0, 0.1) is 17.1 Å². The van der Waals surface area contributed by atoms with Gasteiger partial charge in [-0.2, -0.15) is 5.26 Å². The van der Waals surface area contributed by atoms with E-state index in [2.05, 4.69) is 13.0 Å². The molecule has 2 aromatic carbocycles. The van der Waals surface area contributed by atoms with Crippen LogP contribution in [0.15, 0.2) is 48.5 Å². The van der Waals surface area contributed by atoms with Crippen molar-refractivity contribution >= 4 is 11.6 Å². The van der Waals surface area contributed by atoms with E-state index in [1.54, 1.807) is 18.2 Å². The third-order valence-electron chi connectivity index (χ3n) is 4.98. The van der Waals surface area contributed by atoms with Crippen LogP contribution in [0.4, 0.5) is 4.39 Å². The number of allylic oxidation sites excluding steroid dienone is 1. The lowest BCUT2D eigenvalue weighted by Gasteiger charge is -2.07. The summed E-state index contributed by atoms with van der Waals surface area (Å²) in [5, 5.41) is 9.39. The molecule has 0 heterocycles. The van der Waals surface area contributed by atoms with Crippen molar-refractivity contribution in [2.45, 2.75) is 64.7 Å². The van der Waals surface area contributed by atoms with Crippen LogP contribution in [0.5, 0.6) is 5.75 Å². The largest absolute Gasteiger partial charge is 0.494 e. The van der Waals surface area contributed by atoms with E-state index in [-0.39, 0.29) is 5.82 Å². The van der Waals surface area contributed by atoms with Crippen molar-refractivity contribution in [1.82, 2.24) is 0 Å². The summed E-state index contributed by atoms with van der Waals surface area (Å²) >= 11 is 0. The van der Waals surface area contributed by atoms with E-state index in [0.717, 1.165) is 24.3 Å². The highest BCUT2D eigenvalue weighted by Crippen LogP contribution is 2.20. The Labute approximate surface area is 175 Å². The molecule has 154 valence electrons. The van der Waals surface area contributed by atoms with Gasteiger partial charge in [0.1, 0.15) is 11.6 Å². The van der Waals surface area contributed by atoms with Gasteiger partial charge >= 0.3 is 0 Å². The second-order valence-corrected chi connectivity index (χ2v) is 7.42. The van der Waals surface area contributed by atoms with Crippen molar-refractivity contribution in [2.75, 3.05) is 6.61 Å². The van der Waals surface area contributed by atoms with Crippen LogP contribution < -0.4 is 4.74 Å². The number of rotatable bonds is 13. The van der Waals surface area contributed by atoms with Crippen LogP contribution >= 0.6 is 0 Å². The highest BCUT2D eigenvalue weighted by atomic mass is 19.1. The van der Waals surface area contributed by atoms with E-state index in [1.165, 1.54) is 63.5 Å². The predicted molar refractivity (Wildman–Crippen MR) is 119 cm³/mol. The number of nitrogens with zero attached hydrogens (tertiary/aromatic N) is 1. The van der Waals surface area contributed by atoms with E-state index in [4.69, 9.17) is 4.74 Å². The molecule has 0 aliphatic heterocycles. The maximum atomic E-state index is 13.1. The molecule has 0 saturated heterocycles. The first-order valence-electron chi connectivity index (χ1n) is 10.8. The van der Waals surface area contributed by atoms with Gasteiger partial charge in [0, 0.05) is 0 Å². The molecule has 0 radical (unpaired) electrons. The molecule has 0 amide bonds. The maximum Gasteiger partial charge on any atom is 0.123 e. The molecular formula is C26H32FNO. The van der Waals surface area contributed by atoms with Crippen molar-refractivity contribution in [3.8, 4) is 11.8 Å². The third kappa shape index (κ3) is 8.96. The minimum Gasteiger partial charge on any atom is -0.494 e.